The maximum absolute atomic E-state index is 13.6. The topological polar surface area (TPSA) is 51.0 Å². The standard InChI is InChI=1S/C21H19FN4OS/c1-14-10-15(2)26(24-14)13-20(27)25(12-16-6-4-3-5-7-16)21-23-18-9-8-17(22)11-19(18)28-21/h3-11H,12-13H2,1-2H3. The van der Waals surface area contributed by atoms with Crippen LogP contribution in [0, 0.1) is 19.7 Å². The van der Waals surface area contributed by atoms with Gasteiger partial charge in [-0.05, 0) is 43.7 Å². The second-order valence-electron chi connectivity index (χ2n) is 6.66. The monoisotopic (exact) mass is 394 g/mol. The molecule has 4 aromatic rings. The molecule has 0 aliphatic heterocycles. The zero-order valence-corrected chi connectivity index (χ0v) is 16.4. The first kappa shape index (κ1) is 18.3. The van der Waals surface area contributed by atoms with Gasteiger partial charge in [0.15, 0.2) is 5.13 Å². The maximum Gasteiger partial charge on any atom is 0.250 e. The third kappa shape index (κ3) is 3.80. The Morgan fingerprint density at radius 1 is 1.14 bits per heavy atom. The molecule has 0 spiro atoms. The first-order valence-electron chi connectivity index (χ1n) is 8.91. The molecule has 0 radical (unpaired) electrons. The van der Waals surface area contributed by atoms with Crippen LogP contribution in [0.4, 0.5) is 9.52 Å². The van der Waals surface area contributed by atoms with Crippen LogP contribution in [0.25, 0.3) is 10.2 Å². The number of aromatic nitrogens is 3. The van der Waals surface area contributed by atoms with Crippen LogP contribution in [0.3, 0.4) is 0 Å². The molecule has 4 rings (SSSR count). The summed E-state index contributed by atoms with van der Waals surface area (Å²) in [6, 6.07) is 16.2. The molecule has 28 heavy (non-hydrogen) atoms. The predicted molar refractivity (Wildman–Crippen MR) is 109 cm³/mol. The minimum Gasteiger partial charge on any atom is -0.282 e. The van der Waals surface area contributed by atoms with Crippen molar-refractivity contribution in [1.82, 2.24) is 14.8 Å². The van der Waals surface area contributed by atoms with Crippen LogP contribution in [0.15, 0.2) is 54.6 Å². The van der Waals surface area contributed by atoms with Gasteiger partial charge >= 0.3 is 0 Å². The molecule has 2 aromatic carbocycles. The lowest BCUT2D eigenvalue weighted by Gasteiger charge is -2.20. The number of fused-ring (bicyclic) bond motifs is 1. The largest absolute Gasteiger partial charge is 0.282 e. The molecule has 2 aromatic heterocycles. The zero-order valence-electron chi connectivity index (χ0n) is 15.6. The van der Waals surface area contributed by atoms with Gasteiger partial charge in [0.1, 0.15) is 12.4 Å². The van der Waals surface area contributed by atoms with E-state index >= 15 is 0 Å². The number of nitrogens with zero attached hydrogens (tertiary/aromatic N) is 4. The Kier molecular flexibility index (Phi) is 4.92. The van der Waals surface area contributed by atoms with Crippen molar-refractivity contribution >= 4 is 32.6 Å². The predicted octanol–water partition coefficient (Wildman–Crippen LogP) is 4.48. The Labute approximate surface area is 166 Å². The van der Waals surface area contributed by atoms with Crippen LogP contribution in [0.5, 0.6) is 0 Å². The van der Waals surface area contributed by atoms with E-state index in [2.05, 4.69) is 10.1 Å². The highest BCUT2D eigenvalue weighted by Gasteiger charge is 2.21. The first-order chi connectivity index (χ1) is 13.5. The molecule has 0 saturated carbocycles. The van der Waals surface area contributed by atoms with E-state index in [-0.39, 0.29) is 18.3 Å². The lowest BCUT2D eigenvalue weighted by molar-refractivity contribution is -0.119. The van der Waals surface area contributed by atoms with Crippen molar-refractivity contribution in [3.8, 4) is 0 Å². The fraction of sp³-hybridized carbons (Fsp3) is 0.190. The van der Waals surface area contributed by atoms with Crippen molar-refractivity contribution < 1.29 is 9.18 Å². The Bertz CT molecular complexity index is 1140. The number of benzene rings is 2. The van der Waals surface area contributed by atoms with E-state index < -0.39 is 0 Å². The van der Waals surface area contributed by atoms with E-state index in [1.165, 1.54) is 23.5 Å². The second-order valence-corrected chi connectivity index (χ2v) is 7.67. The van der Waals surface area contributed by atoms with Gasteiger partial charge in [0.05, 0.1) is 22.5 Å². The van der Waals surface area contributed by atoms with E-state index in [1.807, 2.05) is 50.2 Å². The molecule has 0 aliphatic carbocycles. The van der Waals surface area contributed by atoms with Crippen LogP contribution < -0.4 is 4.90 Å². The van der Waals surface area contributed by atoms with Crippen molar-refractivity contribution in [3.63, 3.8) is 0 Å². The number of halogens is 1. The molecule has 0 fully saturated rings. The van der Waals surface area contributed by atoms with Crippen molar-refractivity contribution in [2.75, 3.05) is 4.90 Å². The van der Waals surface area contributed by atoms with Crippen molar-refractivity contribution in [1.29, 1.82) is 0 Å². The molecule has 7 heteroatoms. The Morgan fingerprint density at radius 2 is 1.93 bits per heavy atom. The summed E-state index contributed by atoms with van der Waals surface area (Å²) in [5, 5.41) is 4.94. The third-order valence-corrected chi connectivity index (χ3v) is 5.48. The van der Waals surface area contributed by atoms with Gasteiger partial charge in [0.2, 0.25) is 0 Å². The van der Waals surface area contributed by atoms with Crippen LogP contribution >= 0.6 is 11.3 Å². The van der Waals surface area contributed by atoms with Gasteiger partial charge in [-0.1, -0.05) is 41.7 Å². The molecular formula is C21H19FN4OS. The fourth-order valence-corrected chi connectivity index (χ4v) is 4.09. The second kappa shape index (κ2) is 7.52. The SMILES string of the molecule is Cc1cc(C)n(CC(=O)N(Cc2ccccc2)c2nc3ccc(F)cc3s2)n1. The molecule has 142 valence electrons. The fourth-order valence-electron chi connectivity index (χ4n) is 3.08. The number of hydrogen-bond donors (Lipinski definition) is 0. The lowest BCUT2D eigenvalue weighted by Crippen LogP contribution is -2.34. The first-order valence-corrected chi connectivity index (χ1v) is 9.73. The minimum absolute atomic E-state index is 0.116. The molecule has 0 N–H and O–H groups in total. The van der Waals surface area contributed by atoms with Crippen molar-refractivity contribution in [2.45, 2.75) is 26.9 Å². The Morgan fingerprint density at radius 3 is 2.64 bits per heavy atom. The molecule has 0 unspecified atom stereocenters. The summed E-state index contributed by atoms with van der Waals surface area (Å²) < 4.78 is 16.0. The van der Waals surface area contributed by atoms with Crippen LogP contribution in [-0.2, 0) is 17.9 Å². The maximum atomic E-state index is 13.6. The van der Waals surface area contributed by atoms with E-state index in [4.69, 9.17) is 0 Å². The molecule has 0 saturated heterocycles. The molecule has 1 amide bonds. The normalized spacial score (nSPS) is 11.1. The summed E-state index contributed by atoms with van der Waals surface area (Å²) in [6.45, 7) is 4.34. The van der Waals surface area contributed by atoms with Crippen LogP contribution in [0.2, 0.25) is 0 Å². The molecule has 0 aliphatic rings. The highest BCUT2D eigenvalue weighted by molar-refractivity contribution is 7.22. The number of thiazole rings is 1. The Hall–Kier alpha value is -3.06. The number of hydrogen-bond acceptors (Lipinski definition) is 4. The molecule has 5 nitrogen and oxygen atoms in total. The third-order valence-electron chi connectivity index (χ3n) is 4.44. The molecule has 0 atom stereocenters. The summed E-state index contributed by atoms with van der Waals surface area (Å²) in [5.41, 5.74) is 3.47. The number of carbonyl (C=O) groups excluding carboxylic acids is 1. The number of anilines is 1. The van der Waals surface area contributed by atoms with Gasteiger partial charge in [0, 0.05) is 5.69 Å². The van der Waals surface area contributed by atoms with Gasteiger partial charge in [-0.2, -0.15) is 5.10 Å². The Balaban J connectivity index is 1.69. The van der Waals surface area contributed by atoms with E-state index in [1.54, 1.807) is 15.6 Å². The summed E-state index contributed by atoms with van der Waals surface area (Å²) in [6.07, 6.45) is 0. The molecule has 0 bridgehead atoms. The lowest BCUT2D eigenvalue weighted by atomic mass is 10.2. The quantitative estimate of drug-likeness (QED) is 0.501. The summed E-state index contributed by atoms with van der Waals surface area (Å²) >= 11 is 1.31. The molecule has 2 heterocycles. The van der Waals surface area contributed by atoms with Crippen molar-refractivity contribution in [2.24, 2.45) is 0 Å². The summed E-state index contributed by atoms with van der Waals surface area (Å²) in [7, 11) is 0. The molecular weight excluding hydrogens is 375 g/mol. The van der Waals surface area contributed by atoms with E-state index in [9.17, 15) is 9.18 Å². The van der Waals surface area contributed by atoms with Crippen LogP contribution in [-0.4, -0.2) is 20.7 Å². The van der Waals surface area contributed by atoms with E-state index in [0.29, 0.717) is 21.9 Å². The number of rotatable bonds is 5. The zero-order chi connectivity index (χ0) is 19.7. The van der Waals surface area contributed by atoms with Gasteiger partial charge in [-0.25, -0.2) is 9.37 Å². The highest BCUT2D eigenvalue weighted by atomic mass is 32.1. The van der Waals surface area contributed by atoms with Crippen molar-refractivity contribution in [3.05, 3.63) is 77.4 Å². The number of carbonyl (C=O) groups is 1. The number of aryl methyl sites for hydroxylation is 2. The summed E-state index contributed by atoms with van der Waals surface area (Å²) in [5.74, 6) is -0.430. The van der Waals surface area contributed by atoms with Crippen LogP contribution in [0.1, 0.15) is 17.0 Å². The highest BCUT2D eigenvalue weighted by Crippen LogP contribution is 2.30. The average molecular weight is 394 g/mol. The minimum atomic E-state index is -0.314. The number of amides is 1. The average Bonchev–Trinajstić information content (AvgIpc) is 3.22. The van der Waals surface area contributed by atoms with E-state index in [0.717, 1.165) is 17.0 Å². The van der Waals surface area contributed by atoms with Gasteiger partial charge < -0.3 is 0 Å². The van der Waals surface area contributed by atoms with Gasteiger partial charge in [-0.15, -0.1) is 0 Å². The van der Waals surface area contributed by atoms with Gasteiger partial charge in [0.25, 0.3) is 5.91 Å². The smallest absolute Gasteiger partial charge is 0.250 e. The van der Waals surface area contributed by atoms with Gasteiger partial charge in [-0.3, -0.25) is 14.4 Å². The summed E-state index contributed by atoms with van der Waals surface area (Å²) in [4.78, 5) is 19.4.